The van der Waals surface area contributed by atoms with Gasteiger partial charge in [0.2, 0.25) is 10.0 Å². The van der Waals surface area contributed by atoms with Crippen LogP contribution in [0, 0.1) is 13.8 Å². The van der Waals surface area contributed by atoms with E-state index in [0.29, 0.717) is 18.5 Å². The predicted octanol–water partition coefficient (Wildman–Crippen LogP) is 0.429. The fourth-order valence-electron chi connectivity index (χ4n) is 2.56. The number of rotatable bonds is 3. The molecular weight excluding hydrogens is 312 g/mol. The molecule has 1 saturated heterocycles. The van der Waals surface area contributed by atoms with Crippen molar-refractivity contribution in [2.75, 3.05) is 19.3 Å². The van der Waals surface area contributed by atoms with Crippen LogP contribution in [0.5, 0.6) is 0 Å². The van der Waals surface area contributed by atoms with Gasteiger partial charge in [0.05, 0.1) is 9.79 Å². The Hall–Kier alpha value is -0.960. The van der Waals surface area contributed by atoms with Crippen molar-refractivity contribution in [3.63, 3.8) is 0 Å². The molecule has 8 heteroatoms. The molecule has 1 aromatic rings. The van der Waals surface area contributed by atoms with Gasteiger partial charge in [-0.25, -0.2) is 16.8 Å². The highest BCUT2D eigenvalue weighted by Crippen LogP contribution is 2.28. The number of hydrogen-bond acceptors (Lipinski definition) is 5. The topological polar surface area (TPSA) is 97.5 Å². The summed E-state index contributed by atoms with van der Waals surface area (Å²) in [4.78, 5) is 0.113. The van der Waals surface area contributed by atoms with Crippen LogP contribution in [0.2, 0.25) is 0 Å². The van der Waals surface area contributed by atoms with E-state index in [2.05, 4.69) is 0 Å². The normalized spacial score (nSPS) is 20.9. The van der Waals surface area contributed by atoms with Crippen molar-refractivity contribution in [2.45, 2.75) is 36.1 Å². The van der Waals surface area contributed by atoms with E-state index in [9.17, 15) is 16.8 Å². The number of hydrogen-bond donors (Lipinski definition) is 1. The van der Waals surface area contributed by atoms with Crippen LogP contribution < -0.4 is 5.73 Å². The standard InChI is InChI=1S/C13H20N2O4S2/c1-9-6-12(20(3,16)17)10(2)13(7-9)21(18,19)15-5-4-11(14)8-15/h6-7,11H,4-5,8,14H2,1-3H3/t11-/m1/s1. The Kier molecular flexibility index (Phi) is 4.18. The second kappa shape index (κ2) is 5.35. The highest BCUT2D eigenvalue weighted by Gasteiger charge is 2.33. The lowest BCUT2D eigenvalue weighted by Gasteiger charge is -2.19. The Labute approximate surface area is 125 Å². The molecule has 0 bridgehead atoms. The number of sulfone groups is 1. The summed E-state index contributed by atoms with van der Waals surface area (Å²) in [5, 5.41) is 0. The van der Waals surface area contributed by atoms with E-state index in [1.807, 2.05) is 0 Å². The first-order chi connectivity index (χ1) is 9.53. The molecule has 1 aliphatic rings. The largest absolute Gasteiger partial charge is 0.326 e. The molecule has 0 aliphatic carbocycles. The van der Waals surface area contributed by atoms with Crippen molar-refractivity contribution >= 4 is 19.9 Å². The summed E-state index contributed by atoms with van der Waals surface area (Å²) in [6, 6.07) is 2.85. The lowest BCUT2D eigenvalue weighted by atomic mass is 10.2. The third-order valence-electron chi connectivity index (χ3n) is 3.66. The second-order valence-corrected chi connectivity index (χ2v) is 9.46. The summed E-state index contributed by atoms with van der Waals surface area (Å²) in [6.07, 6.45) is 1.69. The van der Waals surface area contributed by atoms with Crippen LogP contribution >= 0.6 is 0 Å². The van der Waals surface area contributed by atoms with Gasteiger partial charge < -0.3 is 5.73 Å². The van der Waals surface area contributed by atoms with Crippen molar-refractivity contribution in [3.8, 4) is 0 Å². The van der Waals surface area contributed by atoms with Gasteiger partial charge in [-0.3, -0.25) is 0 Å². The van der Waals surface area contributed by atoms with Crippen LogP contribution in [0.15, 0.2) is 21.9 Å². The fraction of sp³-hybridized carbons (Fsp3) is 0.538. The number of benzene rings is 1. The summed E-state index contributed by atoms with van der Waals surface area (Å²) in [6.45, 7) is 3.84. The van der Waals surface area contributed by atoms with Crippen LogP contribution in [-0.4, -0.2) is 46.5 Å². The number of aryl methyl sites for hydroxylation is 1. The van der Waals surface area contributed by atoms with Gasteiger partial charge in [0.15, 0.2) is 9.84 Å². The van der Waals surface area contributed by atoms with Gasteiger partial charge in [0, 0.05) is 25.4 Å². The molecule has 0 unspecified atom stereocenters. The predicted molar refractivity (Wildman–Crippen MR) is 80.4 cm³/mol. The highest BCUT2D eigenvalue weighted by molar-refractivity contribution is 7.91. The Morgan fingerprint density at radius 1 is 1.14 bits per heavy atom. The lowest BCUT2D eigenvalue weighted by molar-refractivity contribution is 0.471. The van der Waals surface area contributed by atoms with Crippen LogP contribution in [0.4, 0.5) is 0 Å². The smallest absolute Gasteiger partial charge is 0.243 e. The average molecular weight is 332 g/mol. The molecule has 0 saturated carbocycles. The molecule has 6 nitrogen and oxygen atoms in total. The zero-order valence-electron chi connectivity index (χ0n) is 12.3. The van der Waals surface area contributed by atoms with Crippen molar-refractivity contribution in [1.29, 1.82) is 0 Å². The van der Waals surface area contributed by atoms with Crippen molar-refractivity contribution in [2.24, 2.45) is 5.73 Å². The maximum Gasteiger partial charge on any atom is 0.243 e. The molecule has 0 radical (unpaired) electrons. The minimum absolute atomic E-state index is 0.0528. The quantitative estimate of drug-likeness (QED) is 0.865. The zero-order chi connectivity index (χ0) is 16.0. The monoisotopic (exact) mass is 332 g/mol. The van der Waals surface area contributed by atoms with E-state index in [0.717, 1.165) is 6.26 Å². The lowest BCUT2D eigenvalue weighted by Crippen LogP contribution is -2.32. The molecule has 1 aromatic carbocycles. The van der Waals surface area contributed by atoms with Gasteiger partial charge in [-0.1, -0.05) is 0 Å². The van der Waals surface area contributed by atoms with Gasteiger partial charge in [-0.15, -0.1) is 0 Å². The van der Waals surface area contributed by atoms with Crippen LogP contribution in [0.25, 0.3) is 0 Å². The maximum absolute atomic E-state index is 12.7. The Balaban J connectivity index is 2.62. The van der Waals surface area contributed by atoms with Gasteiger partial charge in [-0.05, 0) is 43.5 Å². The van der Waals surface area contributed by atoms with E-state index < -0.39 is 19.9 Å². The second-order valence-electron chi connectivity index (χ2n) is 5.57. The van der Waals surface area contributed by atoms with E-state index in [4.69, 9.17) is 5.73 Å². The van der Waals surface area contributed by atoms with E-state index >= 15 is 0 Å². The third kappa shape index (κ3) is 3.13. The minimum Gasteiger partial charge on any atom is -0.326 e. The molecular formula is C13H20N2O4S2. The molecule has 1 atom stereocenters. The molecule has 118 valence electrons. The first-order valence-corrected chi connectivity index (χ1v) is 9.93. The maximum atomic E-state index is 12.7. The number of nitrogens with zero attached hydrogens (tertiary/aromatic N) is 1. The molecule has 1 heterocycles. The molecule has 0 spiro atoms. The van der Waals surface area contributed by atoms with Crippen molar-refractivity contribution in [3.05, 3.63) is 23.3 Å². The Morgan fingerprint density at radius 3 is 2.19 bits per heavy atom. The van der Waals surface area contributed by atoms with E-state index in [1.165, 1.54) is 23.4 Å². The highest BCUT2D eigenvalue weighted by atomic mass is 32.2. The zero-order valence-corrected chi connectivity index (χ0v) is 14.0. The molecule has 0 aromatic heterocycles. The Morgan fingerprint density at radius 2 is 1.71 bits per heavy atom. The molecule has 2 rings (SSSR count). The van der Waals surface area contributed by atoms with Crippen LogP contribution in [0.3, 0.4) is 0 Å². The molecule has 0 amide bonds. The average Bonchev–Trinajstić information content (AvgIpc) is 2.77. The molecule has 21 heavy (non-hydrogen) atoms. The molecule has 2 N–H and O–H groups in total. The SMILES string of the molecule is Cc1cc(S(C)(=O)=O)c(C)c(S(=O)(=O)N2CC[C@@H](N)C2)c1. The summed E-state index contributed by atoms with van der Waals surface area (Å²) in [7, 11) is -7.20. The Bertz CT molecular complexity index is 770. The van der Waals surface area contributed by atoms with Crippen LogP contribution in [0.1, 0.15) is 17.5 Å². The van der Waals surface area contributed by atoms with Crippen molar-refractivity contribution in [1.82, 2.24) is 4.31 Å². The first kappa shape index (κ1) is 16.4. The van der Waals surface area contributed by atoms with Gasteiger partial charge in [0.25, 0.3) is 0 Å². The first-order valence-electron chi connectivity index (χ1n) is 6.60. The summed E-state index contributed by atoms with van der Waals surface area (Å²) < 4.78 is 50.4. The third-order valence-corrected chi connectivity index (χ3v) is 6.88. The summed E-state index contributed by atoms with van der Waals surface area (Å²) in [5.74, 6) is 0. The summed E-state index contributed by atoms with van der Waals surface area (Å²) >= 11 is 0. The summed E-state index contributed by atoms with van der Waals surface area (Å²) in [5.41, 5.74) is 6.63. The number of nitrogens with two attached hydrogens (primary N) is 1. The van der Waals surface area contributed by atoms with Crippen molar-refractivity contribution < 1.29 is 16.8 Å². The molecule has 1 aliphatic heterocycles. The van der Waals surface area contributed by atoms with Gasteiger partial charge >= 0.3 is 0 Å². The van der Waals surface area contributed by atoms with E-state index in [-0.39, 0.29) is 27.9 Å². The minimum atomic E-state index is -3.72. The van der Waals surface area contributed by atoms with Crippen LogP contribution in [-0.2, 0) is 19.9 Å². The van der Waals surface area contributed by atoms with Gasteiger partial charge in [-0.2, -0.15) is 4.31 Å². The number of sulfonamides is 1. The van der Waals surface area contributed by atoms with E-state index in [1.54, 1.807) is 6.92 Å². The molecule has 1 fully saturated rings. The van der Waals surface area contributed by atoms with Gasteiger partial charge in [0.1, 0.15) is 0 Å². The fourth-order valence-corrected chi connectivity index (χ4v) is 5.53.